The first kappa shape index (κ1) is 16.0. The van der Waals surface area contributed by atoms with Gasteiger partial charge in [0.05, 0.1) is 6.04 Å². The molecule has 1 saturated carbocycles. The molecule has 1 fully saturated rings. The molecule has 4 heteroatoms. The predicted octanol–water partition coefficient (Wildman–Crippen LogP) is 3.39. The van der Waals surface area contributed by atoms with Crippen molar-refractivity contribution in [1.29, 1.82) is 0 Å². The first-order valence-electron chi connectivity index (χ1n) is 7.34. The maximum Gasteiger partial charge on any atom is 0.410 e. The minimum Gasteiger partial charge on any atom is -0.444 e. The van der Waals surface area contributed by atoms with Crippen LogP contribution in [-0.4, -0.2) is 35.5 Å². The molecule has 0 N–H and O–H groups in total. The second-order valence-corrected chi connectivity index (χ2v) is 6.29. The molecule has 110 valence electrons. The molecule has 0 heterocycles. The van der Waals surface area contributed by atoms with Crippen molar-refractivity contribution in [3.05, 3.63) is 0 Å². The fourth-order valence-electron chi connectivity index (χ4n) is 2.70. The molecule has 1 unspecified atom stereocenters. The van der Waals surface area contributed by atoms with E-state index in [9.17, 15) is 9.59 Å². The summed E-state index contributed by atoms with van der Waals surface area (Å²) in [4.78, 5) is 25.2. The summed E-state index contributed by atoms with van der Waals surface area (Å²) in [5, 5.41) is 0. The highest BCUT2D eigenvalue weighted by Crippen LogP contribution is 2.29. The second kappa shape index (κ2) is 6.92. The van der Waals surface area contributed by atoms with Gasteiger partial charge < -0.3 is 9.53 Å². The number of hydrogen-bond donors (Lipinski definition) is 0. The summed E-state index contributed by atoms with van der Waals surface area (Å²) in [7, 11) is 0. The number of ether oxygens (including phenoxy) is 1. The van der Waals surface area contributed by atoms with Crippen LogP contribution in [0.25, 0.3) is 0 Å². The van der Waals surface area contributed by atoms with Crippen LogP contribution in [0.3, 0.4) is 0 Å². The highest BCUT2D eigenvalue weighted by Gasteiger charge is 2.33. The van der Waals surface area contributed by atoms with Gasteiger partial charge in [0.25, 0.3) is 0 Å². The Morgan fingerprint density at radius 3 is 2.32 bits per heavy atom. The molecule has 0 aromatic rings. The van der Waals surface area contributed by atoms with Gasteiger partial charge in [0, 0.05) is 6.54 Å². The minimum absolute atomic E-state index is 0.290. The average molecular weight is 269 g/mol. The molecule has 1 rings (SSSR count). The summed E-state index contributed by atoms with van der Waals surface area (Å²) in [5.41, 5.74) is -0.523. The lowest BCUT2D eigenvalue weighted by molar-refractivity contribution is -0.114. The summed E-state index contributed by atoms with van der Waals surface area (Å²) in [6, 6.07) is -0.333. The van der Waals surface area contributed by atoms with Crippen LogP contribution in [0.2, 0.25) is 0 Å². The molecule has 1 aliphatic carbocycles. The summed E-state index contributed by atoms with van der Waals surface area (Å²) in [6.45, 7) is 7.93. The Kier molecular flexibility index (Phi) is 5.83. The van der Waals surface area contributed by atoms with Gasteiger partial charge in [-0.2, -0.15) is 0 Å². The molecule has 0 aromatic carbocycles. The molecule has 0 radical (unpaired) electrons. The van der Waals surface area contributed by atoms with Gasteiger partial charge in [-0.05, 0) is 46.5 Å². The third-order valence-electron chi connectivity index (χ3n) is 3.60. The van der Waals surface area contributed by atoms with Gasteiger partial charge in [0.1, 0.15) is 11.9 Å². The monoisotopic (exact) mass is 269 g/mol. The van der Waals surface area contributed by atoms with E-state index in [-0.39, 0.29) is 12.1 Å². The largest absolute Gasteiger partial charge is 0.444 e. The van der Waals surface area contributed by atoms with E-state index in [4.69, 9.17) is 4.74 Å². The molecule has 0 aliphatic heterocycles. The van der Waals surface area contributed by atoms with E-state index in [2.05, 4.69) is 0 Å². The summed E-state index contributed by atoms with van der Waals surface area (Å²) in [5.74, 6) is 0.290. The number of aldehydes is 1. The number of amides is 1. The van der Waals surface area contributed by atoms with Crippen LogP contribution >= 0.6 is 0 Å². The zero-order valence-electron chi connectivity index (χ0n) is 12.6. The highest BCUT2D eigenvalue weighted by molar-refractivity contribution is 5.74. The van der Waals surface area contributed by atoms with E-state index in [0.717, 1.165) is 32.0 Å². The van der Waals surface area contributed by atoms with Crippen LogP contribution in [0.1, 0.15) is 59.8 Å². The van der Waals surface area contributed by atoms with E-state index in [1.807, 2.05) is 27.7 Å². The Bertz CT molecular complexity index is 303. The molecular weight excluding hydrogens is 242 g/mol. The zero-order chi connectivity index (χ0) is 14.5. The smallest absolute Gasteiger partial charge is 0.410 e. The fourth-order valence-corrected chi connectivity index (χ4v) is 2.70. The van der Waals surface area contributed by atoms with Crippen molar-refractivity contribution < 1.29 is 14.3 Å². The Morgan fingerprint density at radius 1 is 1.32 bits per heavy atom. The highest BCUT2D eigenvalue weighted by atomic mass is 16.6. The van der Waals surface area contributed by atoms with Crippen LogP contribution in [0, 0.1) is 5.92 Å². The van der Waals surface area contributed by atoms with Crippen molar-refractivity contribution in [2.45, 2.75) is 71.4 Å². The van der Waals surface area contributed by atoms with Gasteiger partial charge in [-0.25, -0.2) is 4.79 Å². The Balaban J connectivity index is 2.74. The maximum atomic E-state index is 12.2. The van der Waals surface area contributed by atoms with Crippen molar-refractivity contribution in [2.24, 2.45) is 5.92 Å². The molecule has 19 heavy (non-hydrogen) atoms. The fraction of sp³-hybridized carbons (Fsp3) is 0.867. The van der Waals surface area contributed by atoms with Crippen molar-refractivity contribution >= 4 is 12.4 Å². The summed E-state index contributed by atoms with van der Waals surface area (Å²) in [6.07, 6.45) is 6.15. The third-order valence-corrected chi connectivity index (χ3v) is 3.60. The van der Waals surface area contributed by atoms with E-state index < -0.39 is 5.60 Å². The van der Waals surface area contributed by atoms with Crippen molar-refractivity contribution in [3.8, 4) is 0 Å². The lowest BCUT2D eigenvalue weighted by Gasteiger charge is -2.35. The molecule has 0 saturated heterocycles. The molecular formula is C15H27NO3. The minimum atomic E-state index is -0.523. The van der Waals surface area contributed by atoms with Gasteiger partial charge >= 0.3 is 6.09 Å². The zero-order valence-corrected chi connectivity index (χ0v) is 12.6. The number of rotatable bonds is 4. The maximum absolute atomic E-state index is 12.2. The number of likely N-dealkylation sites (N-methyl/N-ethyl adjacent to an activating group) is 1. The first-order valence-corrected chi connectivity index (χ1v) is 7.34. The number of hydrogen-bond acceptors (Lipinski definition) is 3. The van der Waals surface area contributed by atoms with Crippen molar-refractivity contribution in [1.82, 2.24) is 4.90 Å². The van der Waals surface area contributed by atoms with Gasteiger partial charge in [-0.15, -0.1) is 0 Å². The van der Waals surface area contributed by atoms with Crippen molar-refractivity contribution in [3.63, 3.8) is 0 Å². The van der Waals surface area contributed by atoms with Crippen LogP contribution < -0.4 is 0 Å². The number of carbonyl (C=O) groups excluding carboxylic acids is 2. The topological polar surface area (TPSA) is 46.6 Å². The third kappa shape index (κ3) is 4.84. The quantitative estimate of drug-likeness (QED) is 0.735. The van der Waals surface area contributed by atoms with Crippen LogP contribution in [0.4, 0.5) is 4.79 Å². The Morgan fingerprint density at radius 2 is 1.89 bits per heavy atom. The predicted molar refractivity (Wildman–Crippen MR) is 75.0 cm³/mol. The average Bonchev–Trinajstić information content (AvgIpc) is 2.34. The second-order valence-electron chi connectivity index (χ2n) is 6.29. The Hall–Kier alpha value is -1.06. The molecule has 0 bridgehead atoms. The molecule has 0 spiro atoms. The molecule has 0 aromatic heterocycles. The summed E-state index contributed by atoms with van der Waals surface area (Å²) < 4.78 is 5.39. The number of nitrogens with zero attached hydrogens (tertiary/aromatic N) is 1. The van der Waals surface area contributed by atoms with Gasteiger partial charge in [-0.1, -0.05) is 19.3 Å². The molecule has 1 atom stereocenters. The SMILES string of the molecule is CCN(C(=O)OC(C)(C)C)C(C=O)C1CCCCC1. The number of carbonyl (C=O) groups is 2. The van der Waals surface area contributed by atoms with Crippen LogP contribution in [-0.2, 0) is 9.53 Å². The van der Waals surface area contributed by atoms with E-state index in [1.54, 1.807) is 4.90 Å². The van der Waals surface area contributed by atoms with E-state index in [1.165, 1.54) is 6.42 Å². The van der Waals surface area contributed by atoms with Crippen LogP contribution in [0.15, 0.2) is 0 Å². The lowest BCUT2D eigenvalue weighted by atomic mass is 9.84. The van der Waals surface area contributed by atoms with Crippen LogP contribution in [0.5, 0.6) is 0 Å². The summed E-state index contributed by atoms with van der Waals surface area (Å²) >= 11 is 0. The normalized spacial score (nSPS) is 18.7. The molecule has 1 aliphatic rings. The lowest BCUT2D eigenvalue weighted by Crippen LogP contribution is -2.48. The van der Waals surface area contributed by atoms with E-state index in [0.29, 0.717) is 12.5 Å². The van der Waals surface area contributed by atoms with Gasteiger partial charge in [0.15, 0.2) is 0 Å². The first-order chi connectivity index (χ1) is 8.89. The van der Waals surface area contributed by atoms with E-state index >= 15 is 0 Å². The Labute approximate surface area is 116 Å². The van der Waals surface area contributed by atoms with Gasteiger partial charge in [0.2, 0.25) is 0 Å². The standard InChI is InChI=1S/C15H27NO3/c1-5-16(14(18)19-15(2,3)4)13(11-17)12-9-7-6-8-10-12/h11-13H,5-10H2,1-4H3. The van der Waals surface area contributed by atoms with Crippen molar-refractivity contribution in [2.75, 3.05) is 6.54 Å². The molecule has 1 amide bonds. The molecule has 4 nitrogen and oxygen atoms in total. The van der Waals surface area contributed by atoms with Gasteiger partial charge in [-0.3, -0.25) is 4.90 Å².